The Kier molecular flexibility index (Phi) is 3.31. The number of hydrogen-bond donors (Lipinski definition) is 1. The molecule has 0 aliphatic carbocycles. The van der Waals surface area contributed by atoms with Crippen molar-refractivity contribution in [1.29, 1.82) is 0 Å². The second kappa shape index (κ2) is 4.05. The van der Waals surface area contributed by atoms with E-state index in [1.807, 2.05) is 0 Å². The van der Waals surface area contributed by atoms with Crippen LogP contribution in [0.3, 0.4) is 0 Å². The van der Waals surface area contributed by atoms with Gasteiger partial charge in [0.25, 0.3) is 0 Å². The summed E-state index contributed by atoms with van der Waals surface area (Å²) in [5.74, 6) is 0. The maximum absolute atomic E-state index is 3.58. The van der Waals surface area contributed by atoms with Gasteiger partial charge in [-0.3, -0.25) is 0 Å². The summed E-state index contributed by atoms with van der Waals surface area (Å²) in [6.45, 7) is 2.15. The van der Waals surface area contributed by atoms with Crippen molar-refractivity contribution < 1.29 is 0 Å². The zero-order valence-corrected chi connectivity index (χ0v) is 10.7. The number of anilines is 1. The van der Waals surface area contributed by atoms with Gasteiger partial charge >= 0.3 is 76.8 Å². The second-order valence-electron chi connectivity index (χ2n) is 3.11. The van der Waals surface area contributed by atoms with Crippen LogP contribution in [0.25, 0.3) is 0 Å². The van der Waals surface area contributed by atoms with Crippen LogP contribution in [0.2, 0.25) is 9.36 Å². The van der Waals surface area contributed by atoms with Crippen molar-refractivity contribution in [3.8, 4) is 0 Å². The molecule has 1 N–H and O–H groups in total. The summed E-state index contributed by atoms with van der Waals surface area (Å²) >= 11 is -1.28. The molecule has 0 unspecified atom stereocenters. The van der Waals surface area contributed by atoms with Gasteiger partial charge in [0.15, 0.2) is 0 Å². The Balaban J connectivity index is 2.78. The van der Waals surface area contributed by atoms with Crippen molar-refractivity contribution >= 4 is 27.4 Å². The van der Waals surface area contributed by atoms with Crippen LogP contribution in [0.5, 0.6) is 0 Å². The monoisotopic (exact) mass is 251 g/mol. The molecule has 0 atom stereocenters. The molecule has 0 saturated heterocycles. The van der Waals surface area contributed by atoms with Crippen LogP contribution in [0, 0.1) is 6.92 Å². The Morgan fingerprint density at radius 3 is 2.36 bits per heavy atom. The molecule has 2 heteroatoms. The van der Waals surface area contributed by atoms with Crippen LogP contribution in [-0.4, -0.2) is 21.7 Å². The number of benzene rings is 1. The molecule has 0 heterocycles. The second-order valence-corrected chi connectivity index (χ2v) is 10.5. The first-order valence-electron chi connectivity index (χ1n) is 4.02. The summed E-state index contributed by atoms with van der Waals surface area (Å²) < 4.78 is 8.29. The number of para-hydroxylation sites is 1. The fourth-order valence-electron chi connectivity index (χ4n) is 1.05. The minimum absolute atomic E-state index is 1.28. The summed E-state index contributed by atoms with van der Waals surface area (Å²) in [5.41, 5.74) is 2.69. The Bertz CT molecular complexity index is 233. The van der Waals surface area contributed by atoms with Gasteiger partial charge in [-0.05, 0) is 0 Å². The molecule has 58 valence electrons. The molecule has 0 radical (unpaired) electrons. The number of aryl methyl sites for hydroxylation is 1. The maximum atomic E-state index is 3.58. The first-order valence-corrected chi connectivity index (χ1v) is 12.3. The predicted octanol–water partition coefficient (Wildman–Crippen LogP) is 2.66. The molecule has 1 rings (SSSR count). The number of nitrogens with one attached hydrogen (secondary N) is 1. The van der Waals surface area contributed by atoms with E-state index in [0.717, 1.165) is 0 Å². The van der Waals surface area contributed by atoms with Crippen LogP contribution in [0.4, 0.5) is 5.69 Å². The zero-order chi connectivity index (χ0) is 8.27. The zero-order valence-electron chi connectivity index (χ0n) is 7.39. The average molecular weight is 251 g/mol. The third kappa shape index (κ3) is 2.78. The standard InChI is InChI=1S/C7H8N.2CH3.In/c1-6-4-2-3-5-7(6)8;;;/h2-5,8H,1H3;2*1H3;/q-1;;;+1. The molecular formula is C9H14InN. The van der Waals surface area contributed by atoms with E-state index in [9.17, 15) is 0 Å². The summed E-state index contributed by atoms with van der Waals surface area (Å²) in [5, 5.41) is 0. The molecule has 0 fully saturated rings. The first kappa shape index (κ1) is 8.98. The van der Waals surface area contributed by atoms with Crippen molar-refractivity contribution in [2.24, 2.45) is 0 Å². The summed E-state index contributed by atoms with van der Waals surface area (Å²) in [4.78, 5) is 0. The topological polar surface area (TPSA) is 12.0 Å². The van der Waals surface area contributed by atoms with Gasteiger partial charge < -0.3 is 0 Å². The predicted molar refractivity (Wildman–Crippen MR) is 52.3 cm³/mol. The fourth-order valence-corrected chi connectivity index (χ4v) is 3.75. The van der Waals surface area contributed by atoms with Crippen LogP contribution in [0.1, 0.15) is 5.56 Å². The van der Waals surface area contributed by atoms with Crippen molar-refractivity contribution in [3.05, 3.63) is 29.8 Å². The van der Waals surface area contributed by atoms with Crippen LogP contribution >= 0.6 is 0 Å². The quantitative estimate of drug-likeness (QED) is 0.851. The molecule has 0 saturated carbocycles. The van der Waals surface area contributed by atoms with Gasteiger partial charge in [-0.2, -0.15) is 0 Å². The summed E-state index contributed by atoms with van der Waals surface area (Å²) in [6.07, 6.45) is 0. The molecule has 11 heavy (non-hydrogen) atoms. The van der Waals surface area contributed by atoms with Gasteiger partial charge in [0, 0.05) is 0 Å². The van der Waals surface area contributed by atoms with E-state index in [2.05, 4.69) is 43.9 Å². The third-order valence-electron chi connectivity index (χ3n) is 1.59. The SMILES string of the molecule is Cc1ccccc1[NH][In]([CH3])[CH3]. The Morgan fingerprint density at radius 2 is 1.82 bits per heavy atom. The van der Waals surface area contributed by atoms with Gasteiger partial charge in [-0.25, -0.2) is 0 Å². The first-order chi connectivity index (χ1) is 5.20. The molecule has 0 spiro atoms. The average Bonchev–Trinajstić information content (AvgIpc) is 1.93. The number of hydrogen-bond acceptors (Lipinski definition) is 1. The minimum atomic E-state index is -1.28. The van der Waals surface area contributed by atoms with Crippen molar-refractivity contribution in [3.63, 3.8) is 0 Å². The molecule has 1 nitrogen and oxygen atoms in total. The van der Waals surface area contributed by atoms with Gasteiger partial charge in [-0.1, -0.05) is 0 Å². The number of rotatable bonds is 2. The molecule has 0 aromatic heterocycles. The van der Waals surface area contributed by atoms with E-state index in [-0.39, 0.29) is 0 Å². The van der Waals surface area contributed by atoms with E-state index in [1.54, 1.807) is 0 Å². The third-order valence-corrected chi connectivity index (χ3v) is 4.12. The normalized spacial score (nSPS) is 9.36. The summed E-state index contributed by atoms with van der Waals surface area (Å²) in [7, 11) is 0. The van der Waals surface area contributed by atoms with Crippen molar-refractivity contribution in [1.82, 2.24) is 0 Å². The van der Waals surface area contributed by atoms with E-state index >= 15 is 0 Å². The molecule has 1 aromatic carbocycles. The van der Waals surface area contributed by atoms with Crippen LogP contribution in [0.15, 0.2) is 24.3 Å². The fraction of sp³-hybridized carbons (Fsp3) is 0.333. The molecule has 0 aliphatic rings. The van der Waals surface area contributed by atoms with E-state index < -0.39 is 21.7 Å². The van der Waals surface area contributed by atoms with Crippen LogP contribution in [-0.2, 0) is 0 Å². The molecule has 0 aliphatic heterocycles. The molecular weight excluding hydrogens is 237 g/mol. The molecule has 1 aromatic rings. The summed E-state index contributed by atoms with van der Waals surface area (Å²) in [6, 6.07) is 8.47. The molecule has 0 bridgehead atoms. The Labute approximate surface area is 76.7 Å². The van der Waals surface area contributed by atoms with Gasteiger partial charge in [-0.15, -0.1) is 0 Å². The van der Waals surface area contributed by atoms with Gasteiger partial charge in [0.05, 0.1) is 0 Å². The van der Waals surface area contributed by atoms with Crippen molar-refractivity contribution in [2.45, 2.75) is 16.3 Å². The Hall–Kier alpha value is -0.110. The van der Waals surface area contributed by atoms with Crippen LogP contribution < -0.4 is 3.30 Å². The van der Waals surface area contributed by atoms with Gasteiger partial charge in [0.2, 0.25) is 0 Å². The molecule has 0 amide bonds. The Morgan fingerprint density at radius 1 is 1.18 bits per heavy atom. The van der Waals surface area contributed by atoms with E-state index in [4.69, 9.17) is 0 Å². The van der Waals surface area contributed by atoms with Gasteiger partial charge in [0.1, 0.15) is 0 Å². The van der Waals surface area contributed by atoms with E-state index in [1.165, 1.54) is 11.3 Å². The van der Waals surface area contributed by atoms with E-state index in [0.29, 0.717) is 0 Å². The van der Waals surface area contributed by atoms with Crippen molar-refractivity contribution in [2.75, 3.05) is 3.30 Å².